The zero-order chi connectivity index (χ0) is 31.9. The second-order valence-electron chi connectivity index (χ2n) is 11.7. The van der Waals surface area contributed by atoms with E-state index in [1.54, 1.807) is 17.3 Å². The van der Waals surface area contributed by atoms with Gasteiger partial charge in [-0.2, -0.15) is 0 Å². The molecule has 2 aliphatic carbocycles. The van der Waals surface area contributed by atoms with Crippen molar-refractivity contribution < 1.29 is 19.1 Å². The summed E-state index contributed by atoms with van der Waals surface area (Å²) in [5.41, 5.74) is 11.3. The number of piperazine rings is 1. The Kier molecular flexibility index (Phi) is 10.8. The predicted molar refractivity (Wildman–Crippen MR) is 176 cm³/mol. The minimum atomic E-state index is -0.656. The van der Waals surface area contributed by atoms with Gasteiger partial charge in [-0.05, 0) is 78.4 Å². The lowest BCUT2D eigenvalue weighted by atomic mass is 9.89. The van der Waals surface area contributed by atoms with E-state index in [-0.39, 0.29) is 30.8 Å². The van der Waals surface area contributed by atoms with Crippen molar-refractivity contribution in [2.45, 2.75) is 50.3 Å². The van der Waals surface area contributed by atoms with Crippen molar-refractivity contribution in [2.75, 3.05) is 46.9 Å². The smallest absolute Gasteiger partial charge is 0.410 e. The molecule has 240 valence electrons. The van der Waals surface area contributed by atoms with Crippen molar-refractivity contribution in [3.63, 3.8) is 0 Å². The minimum Gasteiger partial charge on any atom is -0.446 e. The number of carbonyl (C=O) groups is 2. The first-order valence-corrected chi connectivity index (χ1v) is 15.9. The summed E-state index contributed by atoms with van der Waals surface area (Å²) in [6.07, 6.45) is 12.1. The molecule has 1 aromatic heterocycles. The number of halogens is 1. The van der Waals surface area contributed by atoms with E-state index in [2.05, 4.69) is 16.8 Å². The lowest BCUT2D eigenvalue weighted by molar-refractivity contribution is -0.124. The molecule has 1 saturated carbocycles. The second kappa shape index (κ2) is 14.9. The van der Waals surface area contributed by atoms with E-state index >= 15 is 0 Å². The number of benzene rings is 1. The fourth-order valence-corrected chi connectivity index (χ4v) is 6.70. The van der Waals surface area contributed by atoms with Crippen molar-refractivity contribution in [2.24, 2.45) is 5.73 Å². The number of carbonyl (C=O) groups excluding carboxylic acids is 2. The van der Waals surface area contributed by atoms with Gasteiger partial charge in [-0.3, -0.25) is 14.7 Å². The van der Waals surface area contributed by atoms with Crippen molar-refractivity contribution in [1.29, 1.82) is 0 Å². The maximum atomic E-state index is 13.0. The Bertz CT molecular complexity index is 1450. The summed E-state index contributed by atoms with van der Waals surface area (Å²) in [6.45, 7) is 6.17. The monoisotopic (exact) mass is 634 g/mol. The number of nitrogens with one attached hydrogen (secondary N) is 1. The van der Waals surface area contributed by atoms with E-state index in [9.17, 15) is 9.59 Å². The number of ether oxygens (including phenoxy) is 2. The van der Waals surface area contributed by atoms with Gasteiger partial charge in [0.05, 0.1) is 23.5 Å². The van der Waals surface area contributed by atoms with E-state index in [1.807, 2.05) is 48.4 Å². The molecule has 10 nitrogen and oxygen atoms in total. The molecule has 11 heteroatoms. The first-order valence-electron chi connectivity index (χ1n) is 15.6. The molecular formula is C34H43ClN6O4. The largest absolute Gasteiger partial charge is 0.446 e. The fraction of sp³-hybridized carbons (Fsp3) is 0.441. The van der Waals surface area contributed by atoms with E-state index in [1.165, 1.54) is 19.7 Å². The number of nitrogens with two attached hydrogens (primary N) is 1. The molecule has 2 atom stereocenters. The number of rotatable bonds is 9. The molecule has 45 heavy (non-hydrogen) atoms. The number of nitrogens with zero attached hydrogens (tertiary/aromatic N) is 4. The molecule has 5 rings (SSSR count). The summed E-state index contributed by atoms with van der Waals surface area (Å²) in [5.74, 6) is -0.299. The molecule has 2 heterocycles. The van der Waals surface area contributed by atoms with Gasteiger partial charge < -0.3 is 30.3 Å². The average Bonchev–Trinajstić information content (AvgIpc) is 3.19. The number of aromatic nitrogens is 1. The topological polar surface area (TPSA) is 113 Å². The third-order valence-electron chi connectivity index (χ3n) is 8.86. The Hall–Kier alpha value is -3.86. The molecule has 2 amide bonds. The molecule has 0 radical (unpaired) electrons. The number of amides is 2. The highest BCUT2D eigenvalue weighted by atomic mass is 35.5. The SMILES string of the molecule is C=CN(C)/C(=C\N)[C@H](NC(=O)COC)C1=Cc2cccnc2[C@@H](N2CCN(C(=O)OC3CCCCC3)CC2)c2ccc(Cl)cc21. The number of fused-ring (bicyclic) bond motifs is 2. The fourth-order valence-electron chi connectivity index (χ4n) is 6.53. The lowest BCUT2D eigenvalue weighted by Gasteiger charge is -2.40. The van der Waals surface area contributed by atoms with Crippen LogP contribution in [0, 0.1) is 0 Å². The number of hydrogen-bond acceptors (Lipinski definition) is 8. The van der Waals surface area contributed by atoms with Crippen molar-refractivity contribution >= 4 is 35.3 Å². The third-order valence-corrected chi connectivity index (χ3v) is 9.09. The molecule has 1 saturated heterocycles. The Balaban J connectivity index is 1.51. The molecule has 3 aliphatic rings. The number of likely N-dealkylation sites (N-methyl/N-ethyl adjacent to an activating group) is 1. The summed E-state index contributed by atoms with van der Waals surface area (Å²) in [7, 11) is 3.31. The van der Waals surface area contributed by atoms with E-state index in [0.29, 0.717) is 36.9 Å². The predicted octanol–water partition coefficient (Wildman–Crippen LogP) is 4.77. The van der Waals surface area contributed by atoms with Crippen LogP contribution < -0.4 is 11.1 Å². The maximum Gasteiger partial charge on any atom is 0.410 e. The van der Waals surface area contributed by atoms with Gasteiger partial charge in [-0.1, -0.05) is 36.7 Å². The Morgan fingerprint density at radius 2 is 1.96 bits per heavy atom. The van der Waals surface area contributed by atoms with Crippen LogP contribution in [-0.4, -0.2) is 90.8 Å². The van der Waals surface area contributed by atoms with Crippen LogP contribution in [0.4, 0.5) is 4.79 Å². The highest BCUT2D eigenvalue weighted by Crippen LogP contribution is 2.42. The van der Waals surface area contributed by atoms with Gasteiger partial charge in [0, 0.05) is 57.8 Å². The van der Waals surface area contributed by atoms with Crippen LogP contribution in [-0.2, 0) is 14.3 Å². The summed E-state index contributed by atoms with van der Waals surface area (Å²) in [5, 5.41) is 3.67. The molecule has 0 spiro atoms. The average molecular weight is 635 g/mol. The first-order chi connectivity index (χ1) is 21.8. The van der Waals surface area contributed by atoms with Gasteiger partial charge in [0.15, 0.2) is 0 Å². The normalized spacial score (nSPS) is 19.8. The number of pyridine rings is 1. The zero-order valence-electron chi connectivity index (χ0n) is 26.1. The quantitative estimate of drug-likeness (QED) is 0.406. The molecule has 3 N–H and O–H groups in total. The Labute approximate surface area is 270 Å². The molecule has 1 aliphatic heterocycles. The van der Waals surface area contributed by atoms with Crippen LogP contribution in [0.5, 0.6) is 0 Å². The molecule has 2 fully saturated rings. The van der Waals surface area contributed by atoms with Gasteiger partial charge in [-0.15, -0.1) is 0 Å². The van der Waals surface area contributed by atoms with Crippen molar-refractivity contribution in [3.05, 3.63) is 88.6 Å². The van der Waals surface area contributed by atoms with E-state index in [4.69, 9.17) is 31.8 Å². The van der Waals surface area contributed by atoms with Crippen LogP contribution in [0.3, 0.4) is 0 Å². The van der Waals surface area contributed by atoms with Gasteiger partial charge in [0.1, 0.15) is 12.7 Å². The molecule has 0 bridgehead atoms. The summed E-state index contributed by atoms with van der Waals surface area (Å²) in [4.78, 5) is 36.9. The molecular weight excluding hydrogens is 592 g/mol. The minimum absolute atomic E-state index is 0.0215. The Morgan fingerprint density at radius 1 is 1.20 bits per heavy atom. The third kappa shape index (κ3) is 7.35. The molecule has 1 aromatic carbocycles. The van der Waals surface area contributed by atoms with Gasteiger partial charge >= 0.3 is 6.09 Å². The van der Waals surface area contributed by atoms with Crippen LogP contribution in [0.15, 0.2) is 61.2 Å². The van der Waals surface area contributed by atoms with Crippen molar-refractivity contribution in [3.8, 4) is 0 Å². The van der Waals surface area contributed by atoms with Gasteiger partial charge in [-0.25, -0.2) is 4.79 Å². The standard InChI is InChI=1S/C34H43ClN6O4/c1-4-39(2)29(21-36)32(38-30(42)22-44-3)28-19-23-9-8-14-37-31(23)33(26-13-12-24(35)20-27(26)28)40-15-17-41(18-16-40)34(43)45-25-10-6-5-7-11-25/h4,8-9,12-14,19-21,25,32-33H,1,5-7,10-11,15-18,22,36H2,2-3H3,(H,38,42)/b29-21-/t32-,33+/m1/s1. The zero-order valence-corrected chi connectivity index (χ0v) is 26.8. The van der Waals surface area contributed by atoms with E-state index in [0.717, 1.165) is 53.6 Å². The van der Waals surface area contributed by atoms with Crippen LogP contribution in [0.25, 0.3) is 11.6 Å². The van der Waals surface area contributed by atoms with Crippen molar-refractivity contribution in [1.82, 2.24) is 25.0 Å². The lowest BCUT2D eigenvalue weighted by Crippen LogP contribution is -2.50. The molecule has 0 unspecified atom stereocenters. The first kappa shape index (κ1) is 32.5. The van der Waals surface area contributed by atoms with Crippen LogP contribution in [0.1, 0.15) is 60.5 Å². The summed E-state index contributed by atoms with van der Waals surface area (Å²) in [6, 6.07) is 8.88. The van der Waals surface area contributed by atoms with E-state index < -0.39 is 6.04 Å². The van der Waals surface area contributed by atoms with Gasteiger partial charge in [0.2, 0.25) is 5.91 Å². The number of hydrogen-bond donors (Lipinski definition) is 2. The summed E-state index contributed by atoms with van der Waals surface area (Å²) >= 11 is 6.65. The second-order valence-corrected chi connectivity index (χ2v) is 12.1. The van der Waals surface area contributed by atoms with Crippen LogP contribution >= 0.6 is 11.6 Å². The Morgan fingerprint density at radius 3 is 2.64 bits per heavy atom. The molecule has 2 aromatic rings. The maximum absolute atomic E-state index is 13.0. The van der Waals surface area contributed by atoms with Gasteiger partial charge in [0.25, 0.3) is 0 Å². The van der Waals surface area contributed by atoms with Crippen LogP contribution in [0.2, 0.25) is 5.02 Å². The summed E-state index contributed by atoms with van der Waals surface area (Å²) < 4.78 is 11.0. The number of methoxy groups -OCH3 is 1. The highest BCUT2D eigenvalue weighted by molar-refractivity contribution is 6.30. The highest BCUT2D eigenvalue weighted by Gasteiger charge is 2.36.